The average Bonchev–Trinajstić information content (AvgIpc) is 2.78. The Morgan fingerprint density at radius 3 is 2.93 bits per heavy atom. The first-order valence-corrected chi connectivity index (χ1v) is 5.99. The highest BCUT2D eigenvalue weighted by Crippen LogP contribution is 2.17. The lowest BCUT2D eigenvalue weighted by Crippen LogP contribution is -2.48. The van der Waals surface area contributed by atoms with Gasteiger partial charge in [-0.2, -0.15) is 0 Å². The third-order valence-electron chi connectivity index (χ3n) is 3.30. The second-order valence-corrected chi connectivity index (χ2v) is 4.78. The van der Waals surface area contributed by atoms with Crippen LogP contribution >= 0.6 is 0 Å². The van der Waals surface area contributed by atoms with Crippen LogP contribution < -0.4 is 5.32 Å². The lowest BCUT2D eigenvalue weighted by Gasteiger charge is -2.33. The van der Waals surface area contributed by atoms with Crippen LogP contribution in [0.5, 0.6) is 0 Å². The second-order valence-electron chi connectivity index (χ2n) is 4.78. The van der Waals surface area contributed by atoms with Crippen LogP contribution in [0.2, 0.25) is 0 Å². The van der Waals surface area contributed by atoms with E-state index in [0.29, 0.717) is 18.5 Å². The van der Waals surface area contributed by atoms with Gasteiger partial charge in [-0.05, 0) is 33.2 Å². The minimum atomic E-state index is 0.289. The molecule has 0 aromatic heterocycles. The molecule has 2 heterocycles. The van der Waals surface area contributed by atoms with Gasteiger partial charge in [-0.3, -0.25) is 9.80 Å². The SMILES string of the molecule is CC(C)N1CCC(=O)N1CC1CCCN1. The predicted molar refractivity (Wildman–Crippen MR) is 59.2 cm³/mol. The zero-order valence-electron chi connectivity index (χ0n) is 9.70. The van der Waals surface area contributed by atoms with E-state index in [4.69, 9.17) is 0 Å². The van der Waals surface area contributed by atoms with Gasteiger partial charge in [0.2, 0.25) is 5.91 Å². The van der Waals surface area contributed by atoms with E-state index in [2.05, 4.69) is 24.2 Å². The summed E-state index contributed by atoms with van der Waals surface area (Å²) in [6.45, 7) is 7.15. The zero-order chi connectivity index (χ0) is 10.8. The number of carbonyl (C=O) groups is 1. The first kappa shape index (κ1) is 10.9. The molecule has 1 unspecified atom stereocenters. The molecule has 0 aromatic rings. The first-order chi connectivity index (χ1) is 7.18. The van der Waals surface area contributed by atoms with E-state index < -0.39 is 0 Å². The molecule has 0 saturated carbocycles. The molecular formula is C11H21N3O. The van der Waals surface area contributed by atoms with Gasteiger partial charge in [-0.25, -0.2) is 5.01 Å². The van der Waals surface area contributed by atoms with E-state index in [0.717, 1.165) is 19.6 Å². The Morgan fingerprint density at radius 2 is 2.33 bits per heavy atom. The van der Waals surface area contributed by atoms with Crippen LogP contribution in [0.4, 0.5) is 0 Å². The van der Waals surface area contributed by atoms with E-state index in [1.807, 2.05) is 5.01 Å². The summed E-state index contributed by atoms with van der Waals surface area (Å²) >= 11 is 0. The molecule has 4 heteroatoms. The molecule has 0 radical (unpaired) electrons. The molecule has 0 aliphatic carbocycles. The summed E-state index contributed by atoms with van der Waals surface area (Å²) in [5, 5.41) is 7.59. The number of hydrogen-bond donors (Lipinski definition) is 1. The highest BCUT2D eigenvalue weighted by Gasteiger charge is 2.32. The summed E-state index contributed by atoms with van der Waals surface area (Å²) < 4.78 is 0. The molecule has 1 atom stereocenters. The zero-order valence-corrected chi connectivity index (χ0v) is 9.70. The van der Waals surface area contributed by atoms with Crippen molar-refractivity contribution in [3.63, 3.8) is 0 Å². The van der Waals surface area contributed by atoms with Gasteiger partial charge >= 0.3 is 0 Å². The van der Waals surface area contributed by atoms with Crippen LogP contribution in [-0.4, -0.2) is 47.6 Å². The van der Waals surface area contributed by atoms with Gasteiger partial charge in [-0.1, -0.05) is 0 Å². The summed E-state index contributed by atoms with van der Waals surface area (Å²) in [7, 11) is 0. The minimum absolute atomic E-state index is 0.289. The smallest absolute Gasteiger partial charge is 0.238 e. The van der Waals surface area contributed by atoms with Gasteiger partial charge in [0.05, 0.1) is 6.54 Å². The Labute approximate surface area is 91.6 Å². The Balaban J connectivity index is 1.94. The van der Waals surface area contributed by atoms with Crippen molar-refractivity contribution >= 4 is 5.91 Å². The van der Waals surface area contributed by atoms with Gasteiger partial charge < -0.3 is 5.32 Å². The van der Waals surface area contributed by atoms with Crippen molar-refractivity contribution in [1.29, 1.82) is 0 Å². The fourth-order valence-corrected chi connectivity index (χ4v) is 2.47. The summed E-state index contributed by atoms with van der Waals surface area (Å²) in [4.78, 5) is 11.7. The third kappa shape index (κ3) is 2.32. The lowest BCUT2D eigenvalue weighted by atomic mass is 10.2. The van der Waals surface area contributed by atoms with E-state index in [1.54, 1.807) is 0 Å². The number of nitrogens with one attached hydrogen (secondary N) is 1. The number of carbonyl (C=O) groups excluding carboxylic acids is 1. The summed E-state index contributed by atoms with van der Waals surface area (Å²) in [5.74, 6) is 0.289. The Hall–Kier alpha value is -0.610. The highest BCUT2D eigenvalue weighted by molar-refractivity contribution is 5.77. The fourth-order valence-electron chi connectivity index (χ4n) is 2.47. The number of rotatable bonds is 3. The van der Waals surface area contributed by atoms with Crippen molar-refractivity contribution < 1.29 is 4.79 Å². The molecule has 0 spiro atoms. The number of hydrazine groups is 1. The first-order valence-electron chi connectivity index (χ1n) is 5.99. The number of hydrogen-bond acceptors (Lipinski definition) is 3. The topological polar surface area (TPSA) is 35.6 Å². The van der Waals surface area contributed by atoms with E-state index in [1.165, 1.54) is 12.8 Å². The molecule has 2 rings (SSSR count). The molecule has 2 saturated heterocycles. The standard InChI is InChI=1S/C11H21N3O/c1-9(2)13-7-5-11(15)14(13)8-10-4-3-6-12-10/h9-10,12H,3-8H2,1-2H3. The molecule has 0 aromatic carbocycles. The monoisotopic (exact) mass is 211 g/mol. The van der Waals surface area contributed by atoms with Crippen LogP contribution in [-0.2, 0) is 4.79 Å². The summed E-state index contributed by atoms with van der Waals surface area (Å²) in [6, 6.07) is 0.936. The van der Waals surface area contributed by atoms with Crippen LogP contribution in [0.25, 0.3) is 0 Å². The summed E-state index contributed by atoms with van der Waals surface area (Å²) in [5.41, 5.74) is 0. The van der Waals surface area contributed by atoms with Gasteiger partial charge in [0, 0.05) is 25.0 Å². The molecule has 2 fully saturated rings. The van der Waals surface area contributed by atoms with Gasteiger partial charge in [0.15, 0.2) is 0 Å². The van der Waals surface area contributed by atoms with Crippen LogP contribution in [0, 0.1) is 0 Å². The Bertz CT molecular complexity index is 236. The van der Waals surface area contributed by atoms with E-state index in [-0.39, 0.29) is 5.91 Å². The molecule has 15 heavy (non-hydrogen) atoms. The summed E-state index contributed by atoms with van der Waals surface area (Å²) in [6.07, 6.45) is 3.13. The largest absolute Gasteiger partial charge is 0.312 e. The van der Waals surface area contributed by atoms with Crippen molar-refractivity contribution in [1.82, 2.24) is 15.3 Å². The molecule has 0 bridgehead atoms. The maximum atomic E-state index is 11.7. The minimum Gasteiger partial charge on any atom is -0.312 e. The van der Waals surface area contributed by atoms with Crippen LogP contribution in [0.3, 0.4) is 0 Å². The second kappa shape index (κ2) is 4.49. The molecule has 2 aliphatic heterocycles. The third-order valence-corrected chi connectivity index (χ3v) is 3.30. The van der Waals surface area contributed by atoms with Crippen molar-refractivity contribution in [2.24, 2.45) is 0 Å². The fraction of sp³-hybridized carbons (Fsp3) is 0.909. The number of nitrogens with zero attached hydrogens (tertiary/aromatic N) is 2. The van der Waals surface area contributed by atoms with Gasteiger partial charge in [0.1, 0.15) is 0 Å². The van der Waals surface area contributed by atoms with E-state index in [9.17, 15) is 4.79 Å². The van der Waals surface area contributed by atoms with Crippen LogP contribution in [0.1, 0.15) is 33.1 Å². The van der Waals surface area contributed by atoms with Crippen molar-refractivity contribution in [2.75, 3.05) is 19.6 Å². The molecule has 2 aliphatic rings. The maximum absolute atomic E-state index is 11.7. The molecular weight excluding hydrogens is 190 g/mol. The molecule has 1 N–H and O–H groups in total. The molecule has 4 nitrogen and oxygen atoms in total. The Kier molecular flexibility index (Phi) is 3.26. The normalized spacial score (nSPS) is 28.3. The van der Waals surface area contributed by atoms with E-state index >= 15 is 0 Å². The van der Waals surface area contributed by atoms with Crippen molar-refractivity contribution in [3.05, 3.63) is 0 Å². The lowest BCUT2D eigenvalue weighted by molar-refractivity contribution is -0.140. The Morgan fingerprint density at radius 1 is 1.53 bits per heavy atom. The maximum Gasteiger partial charge on any atom is 0.238 e. The quantitative estimate of drug-likeness (QED) is 0.742. The van der Waals surface area contributed by atoms with Crippen LogP contribution in [0.15, 0.2) is 0 Å². The predicted octanol–water partition coefficient (Wildman–Crippen LogP) is 0.596. The average molecular weight is 211 g/mol. The van der Waals surface area contributed by atoms with Crippen molar-refractivity contribution in [2.45, 2.75) is 45.2 Å². The van der Waals surface area contributed by atoms with Gasteiger partial charge in [-0.15, -0.1) is 0 Å². The van der Waals surface area contributed by atoms with Gasteiger partial charge in [0.25, 0.3) is 0 Å². The number of amides is 1. The van der Waals surface area contributed by atoms with Crippen molar-refractivity contribution in [3.8, 4) is 0 Å². The highest BCUT2D eigenvalue weighted by atomic mass is 16.2. The molecule has 86 valence electrons. The molecule has 1 amide bonds.